The molecule has 0 spiro atoms. The first-order chi connectivity index (χ1) is 12.0. The van der Waals surface area contributed by atoms with Gasteiger partial charge in [-0.3, -0.25) is 4.79 Å². The first-order valence-corrected chi connectivity index (χ1v) is 8.82. The molecule has 25 heavy (non-hydrogen) atoms. The molecule has 2 rings (SSSR count). The van der Waals surface area contributed by atoms with Gasteiger partial charge >= 0.3 is 0 Å². The van der Waals surface area contributed by atoms with Crippen molar-refractivity contribution in [1.82, 2.24) is 5.32 Å². The SMILES string of the molecule is CCc1ccc([C@H](C)NC(=O)/C=C/c2ccc(OC(C)C)cc2)cc1. The smallest absolute Gasteiger partial charge is 0.244 e. The van der Waals surface area contributed by atoms with Gasteiger partial charge in [0.25, 0.3) is 0 Å². The number of hydrogen-bond donors (Lipinski definition) is 1. The largest absolute Gasteiger partial charge is 0.491 e. The van der Waals surface area contributed by atoms with Crippen LogP contribution in [0.3, 0.4) is 0 Å². The van der Waals surface area contributed by atoms with Crippen LogP contribution in [0.1, 0.15) is 50.4 Å². The van der Waals surface area contributed by atoms with Crippen LogP contribution in [0, 0.1) is 0 Å². The molecule has 2 aromatic carbocycles. The lowest BCUT2D eigenvalue weighted by atomic mass is 10.0. The van der Waals surface area contributed by atoms with Crippen LogP contribution < -0.4 is 10.1 Å². The van der Waals surface area contributed by atoms with Crippen molar-refractivity contribution < 1.29 is 9.53 Å². The molecule has 0 radical (unpaired) electrons. The van der Waals surface area contributed by atoms with Crippen molar-refractivity contribution in [2.45, 2.75) is 46.3 Å². The van der Waals surface area contributed by atoms with E-state index in [1.165, 1.54) is 5.56 Å². The van der Waals surface area contributed by atoms with Gasteiger partial charge in [-0.15, -0.1) is 0 Å². The van der Waals surface area contributed by atoms with Crippen LogP contribution >= 0.6 is 0 Å². The van der Waals surface area contributed by atoms with E-state index in [2.05, 4.69) is 36.5 Å². The van der Waals surface area contributed by atoms with Crippen molar-refractivity contribution in [3.05, 3.63) is 71.3 Å². The molecule has 1 N–H and O–H groups in total. The van der Waals surface area contributed by atoms with Gasteiger partial charge in [0.05, 0.1) is 12.1 Å². The molecule has 0 unspecified atom stereocenters. The predicted octanol–water partition coefficient (Wildman–Crippen LogP) is 4.93. The van der Waals surface area contributed by atoms with E-state index in [4.69, 9.17) is 4.74 Å². The third-order valence-electron chi connectivity index (χ3n) is 3.93. The Balaban J connectivity index is 1.90. The summed E-state index contributed by atoms with van der Waals surface area (Å²) in [5, 5.41) is 2.99. The summed E-state index contributed by atoms with van der Waals surface area (Å²) >= 11 is 0. The zero-order valence-corrected chi connectivity index (χ0v) is 15.5. The first-order valence-electron chi connectivity index (χ1n) is 8.82. The minimum atomic E-state index is -0.102. The Bertz CT molecular complexity index is 700. The van der Waals surface area contributed by atoms with Crippen molar-refractivity contribution in [1.29, 1.82) is 0 Å². The van der Waals surface area contributed by atoms with Crippen LogP contribution in [0.5, 0.6) is 5.75 Å². The number of aryl methyl sites for hydroxylation is 1. The molecule has 0 heterocycles. The highest BCUT2D eigenvalue weighted by Gasteiger charge is 2.07. The second kappa shape index (κ2) is 9.07. The topological polar surface area (TPSA) is 38.3 Å². The second-order valence-corrected chi connectivity index (χ2v) is 6.39. The summed E-state index contributed by atoms with van der Waals surface area (Å²) in [6.45, 7) is 8.11. The minimum Gasteiger partial charge on any atom is -0.491 e. The molecular formula is C22H27NO2. The van der Waals surface area contributed by atoms with E-state index in [1.807, 2.05) is 45.0 Å². The van der Waals surface area contributed by atoms with Gasteiger partial charge in [0.2, 0.25) is 5.91 Å². The summed E-state index contributed by atoms with van der Waals surface area (Å²) in [5.74, 6) is 0.732. The lowest BCUT2D eigenvalue weighted by molar-refractivity contribution is -0.117. The Morgan fingerprint density at radius 3 is 2.24 bits per heavy atom. The molecule has 0 aliphatic heterocycles. The molecule has 3 heteroatoms. The number of carbonyl (C=O) groups excluding carboxylic acids is 1. The maximum atomic E-state index is 12.1. The predicted molar refractivity (Wildman–Crippen MR) is 104 cm³/mol. The number of benzene rings is 2. The molecule has 3 nitrogen and oxygen atoms in total. The highest BCUT2D eigenvalue weighted by Crippen LogP contribution is 2.16. The Labute approximate surface area is 150 Å². The quantitative estimate of drug-likeness (QED) is 0.728. The van der Waals surface area contributed by atoms with Gasteiger partial charge in [0, 0.05) is 6.08 Å². The molecule has 0 aliphatic carbocycles. The van der Waals surface area contributed by atoms with Crippen molar-refractivity contribution in [2.75, 3.05) is 0 Å². The molecule has 0 aromatic heterocycles. The van der Waals surface area contributed by atoms with Crippen molar-refractivity contribution in [2.24, 2.45) is 0 Å². The molecule has 0 aliphatic rings. The van der Waals surface area contributed by atoms with Crippen molar-refractivity contribution in [3.8, 4) is 5.75 Å². The summed E-state index contributed by atoms with van der Waals surface area (Å²) in [5.41, 5.74) is 3.37. The maximum Gasteiger partial charge on any atom is 0.244 e. The number of ether oxygens (including phenoxy) is 1. The van der Waals surface area contributed by atoms with Gasteiger partial charge in [-0.05, 0) is 62.1 Å². The standard InChI is InChI=1S/C22H27NO2/c1-5-18-6-11-20(12-7-18)17(4)23-22(24)15-10-19-8-13-21(14-9-19)25-16(2)3/h6-17H,5H2,1-4H3,(H,23,24)/b15-10+/t17-/m0/s1. The summed E-state index contributed by atoms with van der Waals surface area (Å²) in [6.07, 6.45) is 4.54. The van der Waals surface area contributed by atoms with E-state index in [-0.39, 0.29) is 18.1 Å². The summed E-state index contributed by atoms with van der Waals surface area (Å²) in [6, 6.07) is 16.0. The molecule has 0 fully saturated rings. The Morgan fingerprint density at radius 1 is 1.04 bits per heavy atom. The lowest BCUT2D eigenvalue weighted by Crippen LogP contribution is -2.24. The zero-order valence-electron chi connectivity index (χ0n) is 15.5. The van der Waals surface area contributed by atoms with Gasteiger partial charge in [-0.1, -0.05) is 43.3 Å². The molecular weight excluding hydrogens is 310 g/mol. The van der Waals surface area contributed by atoms with E-state index in [0.29, 0.717) is 0 Å². The van der Waals surface area contributed by atoms with Crippen LogP contribution in [0.2, 0.25) is 0 Å². The van der Waals surface area contributed by atoms with Gasteiger partial charge in [-0.25, -0.2) is 0 Å². The van der Waals surface area contributed by atoms with Crippen LogP contribution in [-0.4, -0.2) is 12.0 Å². The van der Waals surface area contributed by atoms with Gasteiger partial charge in [-0.2, -0.15) is 0 Å². The molecule has 2 aromatic rings. The average molecular weight is 337 g/mol. The van der Waals surface area contributed by atoms with Crippen LogP contribution in [-0.2, 0) is 11.2 Å². The fraction of sp³-hybridized carbons (Fsp3) is 0.318. The van der Waals surface area contributed by atoms with E-state index >= 15 is 0 Å². The zero-order chi connectivity index (χ0) is 18.2. The fourth-order valence-corrected chi connectivity index (χ4v) is 2.49. The summed E-state index contributed by atoms with van der Waals surface area (Å²) in [4.78, 5) is 12.1. The average Bonchev–Trinajstić information content (AvgIpc) is 2.60. The molecule has 0 saturated carbocycles. The fourth-order valence-electron chi connectivity index (χ4n) is 2.49. The van der Waals surface area contributed by atoms with E-state index < -0.39 is 0 Å². The van der Waals surface area contributed by atoms with E-state index in [1.54, 1.807) is 12.2 Å². The van der Waals surface area contributed by atoms with Crippen LogP contribution in [0.4, 0.5) is 0 Å². The second-order valence-electron chi connectivity index (χ2n) is 6.39. The third-order valence-corrected chi connectivity index (χ3v) is 3.93. The summed E-state index contributed by atoms with van der Waals surface area (Å²) < 4.78 is 5.61. The minimum absolute atomic E-state index is 0.0233. The van der Waals surface area contributed by atoms with E-state index in [0.717, 1.165) is 23.3 Å². The number of amides is 1. The van der Waals surface area contributed by atoms with Crippen LogP contribution in [0.25, 0.3) is 6.08 Å². The van der Waals surface area contributed by atoms with Crippen molar-refractivity contribution >= 4 is 12.0 Å². The number of rotatable bonds is 7. The molecule has 0 bridgehead atoms. The van der Waals surface area contributed by atoms with Gasteiger partial charge in [0.15, 0.2) is 0 Å². The van der Waals surface area contributed by atoms with Gasteiger partial charge < -0.3 is 10.1 Å². The first kappa shape index (κ1) is 18.8. The van der Waals surface area contributed by atoms with Crippen LogP contribution in [0.15, 0.2) is 54.6 Å². The molecule has 132 valence electrons. The highest BCUT2D eigenvalue weighted by molar-refractivity contribution is 5.91. The van der Waals surface area contributed by atoms with Crippen molar-refractivity contribution in [3.63, 3.8) is 0 Å². The number of nitrogens with one attached hydrogen (secondary N) is 1. The lowest BCUT2D eigenvalue weighted by Gasteiger charge is -2.13. The number of carbonyl (C=O) groups is 1. The molecule has 1 atom stereocenters. The van der Waals surface area contributed by atoms with Gasteiger partial charge in [0.1, 0.15) is 5.75 Å². The number of hydrogen-bond acceptors (Lipinski definition) is 2. The molecule has 1 amide bonds. The maximum absolute atomic E-state index is 12.1. The van der Waals surface area contributed by atoms with E-state index in [9.17, 15) is 4.79 Å². The Hall–Kier alpha value is -2.55. The summed E-state index contributed by atoms with van der Waals surface area (Å²) in [7, 11) is 0. The highest BCUT2D eigenvalue weighted by atomic mass is 16.5. The normalized spacial score (nSPS) is 12.4. The Morgan fingerprint density at radius 2 is 1.68 bits per heavy atom. The molecule has 0 saturated heterocycles. The Kier molecular flexibility index (Phi) is 6.81. The monoisotopic (exact) mass is 337 g/mol. The third kappa shape index (κ3) is 6.11.